The van der Waals surface area contributed by atoms with E-state index in [0.29, 0.717) is 30.9 Å². The molecule has 0 aromatic heterocycles. The molecule has 10 heteroatoms. The third-order valence-corrected chi connectivity index (χ3v) is 5.63. The van der Waals surface area contributed by atoms with Gasteiger partial charge in [0.15, 0.2) is 23.0 Å². The number of carbonyl (C=O) groups is 3. The lowest BCUT2D eigenvalue weighted by Crippen LogP contribution is -2.34. The summed E-state index contributed by atoms with van der Waals surface area (Å²) >= 11 is 0. The minimum absolute atomic E-state index is 0.0246. The van der Waals surface area contributed by atoms with Crippen molar-refractivity contribution in [1.29, 1.82) is 0 Å². The van der Waals surface area contributed by atoms with Crippen LogP contribution in [-0.4, -0.2) is 48.9 Å². The maximum atomic E-state index is 12.2. The zero-order chi connectivity index (χ0) is 26.1. The van der Waals surface area contributed by atoms with E-state index in [0.717, 1.165) is 11.1 Å². The number of carbonyl (C=O) groups excluding carboxylic acids is 3. The molecule has 1 aliphatic heterocycles. The van der Waals surface area contributed by atoms with Crippen molar-refractivity contribution in [2.75, 3.05) is 20.8 Å². The van der Waals surface area contributed by atoms with Crippen molar-refractivity contribution >= 4 is 17.9 Å². The molecule has 0 amide bonds. The average Bonchev–Trinajstić information content (AvgIpc) is 3.15. The van der Waals surface area contributed by atoms with Gasteiger partial charge < -0.3 is 44.2 Å². The summed E-state index contributed by atoms with van der Waals surface area (Å²) in [7, 11) is 2.99. The van der Waals surface area contributed by atoms with Gasteiger partial charge >= 0.3 is 5.97 Å². The van der Waals surface area contributed by atoms with Crippen LogP contribution in [0.3, 0.4) is 0 Å². The number of aromatic hydroxyl groups is 2. The van der Waals surface area contributed by atoms with Gasteiger partial charge in [-0.3, -0.25) is 4.79 Å². The number of hydrogen-bond donors (Lipinski definition) is 2. The third-order valence-electron chi connectivity index (χ3n) is 5.63. The highest BCUT2D eigenvalue weighted by Gasteiger charge is 2.37. The van der Waals surface area contributed by atoms with Crippen LogP contribution in [-0.2, 0) is 32.0 Å². The molecule has 0 bridgehead atoms. The Morgan fingerprint density at radius 2 is 1.51 bits per heavy atom. The summed E-state index contributed by atoms with van der Waals surface area (Å²) in [6.45, 7) is 1.62. The van der Waals surface area contributed by atoms with Gasteiger partial charge in [0, 0.05) is 23.8 Å². The van der Waals surface area contributed by atoms with Crippen LogP contribution in [0.1, 0.15) is 24.5 Å². The number of esters is 1. The summed E-state index contributed by atoms with van der Waals surface area (Å²) < 4.78 is 15.6. The Kier molecular flexibility index (Phi) is 9.74. The van der Waals surface area contributed by atoms with Crippen molar-refractivity contribution < 1.29 is 49.0 Å². The monoisotopic (exact) mass is 488 g/mol. The normalized spacial score (nSPS) is 17.5. The molecule has 2 aromatic carbocycles. The molecule has 10 nitrogen and oxygen atoms in total. The molecule has 3 rings (SSSR count). The number of carboxylic acids is 2. The van der Waals surface area contributed by atoms with Gasteiger partial charge in [0.05, 0.1) is 26.7 Å². The predicted molar refractivity (Wildman–Crippen MR) is 118 cm³/mol. The molecular weight excluding hydrogens is 460 g/mol. The summed E-state index contributed by atoms with van der Waals surface area (Å²) in [6.07, 6.45) is 0.667. The Labute approximate surface area is 202 Å². The number of carboxylic acid groups (broad SMARTS) is 2. The number of phenolic OH excluding ortho intramolecular Hbond substituents is 2. The Hall–Kier alpha value is -3.95. The molecule has 1 unspecified atom stereocenters. The maximum Gasteiger partial charge on any atom is 0.309 e. The van der Waals surface area contributed by atoms with Crippen LogP contribution in [0.25, 0.3) is 0 Å². The summed E-state index contributed by atoms with van der Waals surface area (Å²) in [5.41, 5.74) is 1.87. The lowest BCUT2D eigenvalue weighted by molar-refractivity contribution is -0.320. The number of benzene rings is 2. The second-order valence-corrected chi connectivity index (χ2v) is 8.21. The molecule has 2 N–H and O–H groups in total. The van der Waals surface area contributed by atoms with Crippen molar-refractivity contribution in [2.24, 2.45) is 17.8 Å². The zero-order valence-electron chi connectivity index (χ0n) is 19.7. The summed E-state index contributed by atoms with van der Waals surface area (Å²) in [5, 5.41) is 39.0. The lowest BCUT2D eigenvalue weighted by Gasteiger charge is -2.16. The first-order valence-corrected chi connectivity index (χ1v) is 10.8. The smallest absolute Gasteiger partial charge is 0.309 e. The van der Waals surface area contributed by atoms with Gasteiger partial charge in [-0.05, 0) is 54.7 Å². The number of methoxy groups -OCH3 is 2. The number of cyclic esters (lactones) is 1. The van der Waals surface area contributed by atoms with Crippen LogP contribution >= 0.6 is 0 Å². The Balaban J connectivity index is 0.000000410. The van der Waals surface area contributed by atoms with Crippen molar-refractivity contribution in [1.82, 2.24) is 0 Å². The van der Waals surface area contributed by atoms with Gasteiger partial charge in [-0.15, -0.1) is 0 Å². The summed E-state index contributed by atoms with van der Waals surface area (Å²) in [4.78, 5) is 31.8. The second-order valence-electron chi connectivity index (χ2n) is 8.21. The minimum atomic E-state index is -1.37. The fourth-order valence-corrected chi connectivity index (χ4v) is 3.64. The Bertz CT molecular complexity index is 1050. The lowest BCUT2D eigenvalue weighted by atomic mass is 9.85. The van der Waals surface area contributed by atoms with E-state index in [1.54, 1.807) is 30.3 Å². The molecular formula is C25H28O10-2. The summed E-state index contributed by atoms with van der Waals surface area (Å²) in [6, 6.07) is 10.3. The fraction of sp³-hybridized carbons (Fsp3) is 0.400. The van der Waals surface area contributed by atoms with E-state index in [2.05, 4.69) is 0 Å². The molecule has 35 heavy (non-hydrogen) atoms. The third kappa shape index (κ3) is 7.80. The highest BCUT2D eigenvalue weighted by Crippen LogP contribution is 2.34. The first-order chi connectivity index (χ1) is 16.5. The Morgan fingerprint density at radius 1 is 1.00 bits per heavy atom. The van der Waals surface area contributed by atoms with Crippen molar-refractivity contribution in [3.05, 3.63) is 47.5 Å². The van der Waals surface area contributed by atoms with E-state index in [4.69, 9.17) is 14.2 Å². The zero-order valence-corrected chi connectivity index (χ0v) is 19.7. The molecule has 0 aliphatic carbocycles. The van der Waals surface area contributed by atoms with Crippen molar-refractivity contribution in [3.8, 4) is 23.0 Å². The Morgan fingerprint density at radius 3 is 1.94 bits per heavy atom. The quantitative estimate of drug-likeness (QED) is 0.466. The molecule has 0 spiro atoms. The number of phenols is 2. The van der Waals surface area contributed by atoms with Crippen LogP contribution in [0.5, 0.6) is 23.0 Å². The van der Waals surface area contributed by atoms with E-state index in [-0.39, 0.29) is 29.3 Å². The second kappa shape index (κ2) is 12.5. The molecule has 190 valence electrons. The number of aliphatic carboxylic acids is 2. The van der Waals surface area contributed by atoms with Gasteiger partial charge in [-0.25, -0.2) is 0 Å². The average molecular weight is 488 g/mol. The van der Waals surface area contributed by atoms with Gasteiger partial charge in [0.25, 0.3) is 0 Å². The standard InChI is InChI=1S/C20H22O6.C5H8O4/c1-24-18-9-12(3-5-16(18)21)7-14-11-26-20(23)15(14)8-13-4-6-17(22)19(10-13)25-2;1-3(5(8)9)2-4(6)7/h3-6,9-10,14-15,21-22H,7-8,11H2,1-2H3;3H,2H2,1H3,(H,6,7)(H,8,9)/p-2/t14-,15+;/m0./s1. The van der Waals surface area contributed by atoms with E-state index in [1.165, 1.54) is 21.1 Å². The molecule has 3 atom stereocenters. The SMILES string of the molecule is CC(CC(=O)[O-])C(=O)[O-].COc1cc(C[C@H]2COC(=O)[C@@H]2Cc2ccc(O)c(OC)c2)ccc1O. The molecule has 1 fully saturated rings. The van der Waals surface area contributed by atoms with Crippen LogP contribution in [0.4, 0.5) is 0 Å². The molecule has 1 aliphatic rings. The molecule has 0 saturated carbocycles. The van der Waals surface area contributed by atoms with Gasteiger partial charge in [-0.1, -0.05) is 19.1 Å². The van der Waals surface area contributed by atoms with Crippen molar-refractivity contribution in [3.63, 3.8) is 0 Å². The van der Waals surface area contributed by atoms with Gasteiger partial charge in [0.2, 0.25) is 0 Å². The molecule has 0 radical (unpaired) electrons. The molecule has 1 heterocycles. The highest BCUT2D eigenvalue weighted by atomic mass is 16.5. The number of hydrogen-bond acceptors (Lipinski definition) is 10. The first kappa shape index (κ1) is 27.3. The number of ether oxygens (including phenoxy) is 3. The van der Waals surface area contributed by atoms with Crippen LogP contribution < -0.4 is 19.7 Å². The van der Waals surface area contributed by atoms with Crippen molar-refractivity contribution in [2.45, 2.75) is 26.2 Å². The maximum absolute atomic E-state index is 12.2. The van der Waals surface area contributed by atoms with Crippen LogP contribution in [0.15, 0.2) is 36.4 Å². The minimum Gasteiger partial charge on any atom is -0.550 e. The van der Waals surface area contributed by atoms with E-state index in [9.17, 15) is 34.8 Å². The molecule has 2 aromatic rings. The predicted octanol–water partition coefficient (Wildman–Crippen LogP) is 0.202. The van der Waals surface area contributed by atoms with E-state index < -0.39 is 24.3 Å². The van der Waals surface area contributed by atoms with E-state index >= 15 is 0 Å². The van der Waals surface area contributed by atoms with Gasteiger partial charge in [0.1, 0.15) is 0 Å². The largest absolute Gasteiger partial charge is 0.550 e. The van der Waals surface area contributed by atoms with Crippen LogP contribution in [0.2, 0.25) is 0 Å². The number of rotatable bonds is 9. The first-order valence-electron chi connectivity index (χ1n) is 10.8. The highest BCUT2D eigenvalue weighted by molar-refractivity contribution is 5.75. The molecule has 1 saturated heterocycles. The van der Waals surface area contributed by atoms with E-state index in [1.807, 2.05) is 6.07 Å². The topological polar surface area (TPSA) is 165 Å². The fourth-order valence-electron chi connectivity index (χ4n) is 3.64. The van der Waals surface area contributed by atoms with Crippen LogP contribution in [0, 0.1) is 17.8 Å². The van der Waals surface area contributed by atoms with Gasteiger partial charge in [-0.2, -0.15) is 0 Å². The summed E-state index contributed by atoms with van der Waals surface area (Å²) in [5.74, 6) is -3.21.